The molecule has 0 amide bonds. The van der Waals surface area contributed by atoms with E-state index in [1.54, 1.807) is 37.3 Å². The molecule has 0 bridgehead atoms. The Morgan fingerprint density at radius 3 is 2.33 bits per heavy atom. The summed E-state index contributed by atoms with van der Waals surface area (Å²) >= 11 is 5.94. The number of carbonyl (C=O) groups is 1. The van der Waals surface area contributed by atoms with Gasteiger partial charge in [-0.3, -0.25) is 4.79 Å². The van der Waals surface area contributed by atoms with E-state index in [0.29, 0.717) is 33.8 Å². The van der Waals surface area contributed by atoms with Crippen molar-refractivity contribution < 1.29 is 13.2 Å². The number of aromatic nitrogens is 1. The van der Waals surface area contributed by atoms with Gasteiger partial charge >= 0.3 is 0 Å². The first kappa shape index (κ1) is 16.5. The summed E-state index contributed by atoms with van der Waals surface area (Å²) in [6.07, 6.45) is 0.658. The van der Waals surface area contributed by atoms with E-state index in [4.69, 9.17) is 11.6 Å². The maximum atomic E-state index is 13.1. The van der Waals surface area contributed by atoms with Crippen LogP contribution in [0.2, 0.25) is 5.02 Å². The van der Waals surface area contributed by atoms with Gasteiger partial charge < -0.3 is 0 Å². The van der Waals surface area contributed by atoms with Crippen LogP contribution in [0.25, 0.3) is 11.3 Å². The Hall–Kier alpha value is -2.37. The summed E-state index contributed by atoms with van der Waals surface area (Å²) in [5.74, 6) is 0. The summed E-state index contributed by atoms with van der Waals surface area (Å²) in [7, 11) is -3.89. The van der Waals surface area contributed by atoms with Gasteiger partial charge in [0.15, 0.2) is 6.29 Å². The van der Waals surface area contributed by atoms with E-state index in [-0.39, 0.29) is 4.90 Å². The molecule has 0 atom stereocenters. The van der Waals surface area contributed by atoms with E-state index < -0.39 is 10.0 Å². The highest BCUT2D eigenvalue weighted by molar-refractivity contribution is 7.90. The second-order valence-corrected chi connectivity index (χ2v) is 7.50. The molecule has 0 spiro atoms. The molecule has 0 saturated heterocycles. The molecule has 6 heteroatoms. The summed E-state index contributed by atoms with van der Waals surface area (Å²) < 4.78 is 27.4. The van der Waals surface area contributed by atoms with Gasteiger partial charge in [0.25, 0.3) is 10.0 Å². The molecule has 4 nitrogen and oxygen atoms in total. The maximum absolute atomic E-state index is 13.1. The van der Waals surface area contributed by atoms with Gasteiger partial charge in [-0.25, -0.2) is 12.4 Å². The molecule has 0 aliphatic carbocycles. The summed E-state index contributed by atoms with van der Waals surface area (Å²) in [6, 6.07) is 16.7. The SMILES string of the molecule is Cc1c(C=O)cc(-c2ccccc2)n1S(=O)(=O)c1cccc(Cl)c1. The predicted molar refractivity (Wildman–Crippen MR) is 94.0 cm³/mol. The van der Waals surface area contributed by atoms with Crippen LogP contribution in [0.1, 0.15) is 16.1 Å². The second kappa shape index (κ2) is 6.26. The van der Waals surface area contributed by atoms with E-state index in [9.17, 15) is 13.2 Å². The van der Waals surface area contributed by atoms with Crippen molar-refractivity contribution in [3.8, 4) is 11.3 Å². The highest BCUT2D eigenvalue weighted by Gasteiger charge is 2.25. The third kappa shape index (κ3) is 2.77. The zero-order chi connectivity index (χ0) is 17.3. The highest BCUT2D eigenvalue weighted by atomic mass is 35.5. The number of rotatable bonds is 4. The quantitative estimate of drug-likeness (QED) is 0.657. The van der Waals surface area contributed by atoms with Crippen LogP contribution < -0.4 is 0 Å². The standard InChI is InChI=1S/C18H14ClNO3S/c1-13-15(12-21)10-18(14-6-3-2-4-7-14)20(13)24(22,23)17-9-5-8-16(19)11-17/h2-12H,1H3. The van der Waals surface area contributed by atoms with Gasteiger partial charge in [-0.2, -0.15) is 0 Å². The molecule has 0 unspecified atom stereocenters. The predicted octanol–water partition coefficient (Wildman–Crippen LogP) is 4.17. The highest BCUT2D eigenvalue weighted by Crippen LogP contribution is 2.30. The zero-order valence-corrected chi connectivity index (χ0v) is 14.4. The first-order valence-electron chi connectivity index (χ1n) is 7.19. The normalized spacial score (nSPS) is 11.4. The van der Waals surface area contributed by atoms with Gasteiger partial charge in [0.05, 0.1) is 10.6 Å². The first-order valence-corrected chi connectivity index (χ1v) is 9.01. The molecule has 0 aliphatic rings. The van der Waals surface area contributed by atoms with E-state index in [1.807, 2.05) is 18.2 Å². The summed E-state index contributed by atoms with van der Waals surface area (Å²) in [4.78, 5) is 11.4. The van der Waals surface area contributed by atoms with Crippen LogP contribution >= 0.6 is 11.6 Å². The Kier molecular flexibility index (Phi) is 4.30. The number of nitrogens with zero attached hydrogens (tertiary/aromatic N) is 1. The van der Waals surface area contributed by atoms with Crippen LogP contribution in [-0.4, -0.2) is 18.7 Å². The largest absolute Gasteiger partial charge is 0.298 e. The Labute approximate surface area is 145 Å². The molecule has 1 heterocycles. The minimum atomic E-state index is -3.89. The minimum Gasteiger partial charge on any atom is -0.298 e. The molecule has 24 heavy (non-hydrogen) atoms. The number of hydrogen-bond acceptors (Lipinski definition) is 3. The summed E-state index contributed by atoms with van der Waals surface area (Å²) in [5, 5.41) is 0.331. The monoisotopic (exact) mass is 359 g/mol. The third-order valence-electron chi connectivity index (χ3n) is 3.76. The topological polar surface area (TPSA) is 56.1 Å². The van der Waals surface area contributed by atoms with Gasteiger partial charge in [-0.1, -0.05) is 48.0 Å². The Morgan fingerprint density at radius 1 is 1.00 bits per heavy atom. The van der Waals surface area contributed by atoms with Crippen molar-refractivity contribution in [3.63, 3.8) is 0 Å². The van der Waals surface area contributed by atoms with E-state index in [0.717, 1.165) is 0 Å². The van der Waals surface area contributed by atoms with E-state index in [2.05, 4.69) is 0 Å². The second-order valence-electron chi connectivity index (χ2n) is 5.28. The molecule has 1 aromatic heterocycles. The fourth-order valence-electron chi connectivity index (χ4n) is 2.58. The van der Waals surface area contributed by atoms with Crippen LogP contribution in [-0.2, 0) is 10.0 Å². The van der Waals surface area contributed by atoms with Crippen molar-refractivity contribution in [1.82, 2.24) is 3.97 Å². The number of halogens is 1. The molecular formula is C18H14ClNO3S. The van der Waals surface area contributed by atoms with Crippen molar-refractivity contribution in [2.24, 2.45) is 0 Å². The zero-order valence-electron chi connectivity index (χ0n) is 12.8. The lowest BCUT2D eigenvalue weighted by atomic mass is 10.1. The van der Waals surface area contributed by atoms with E-state index in [1.165, 1.54) is 16.1 Å². The lowest BCUT2D eigenvalue weighted by molar-refractivity contribution is 0.112. The average Bonchev–Trinajstić information content (AvgIpc) is 2.93. The van der Waals surface area contributed by atoms with Crippen molar-refractivity contribution in [3.05, 3.63) is 76.9 Å². The van der Waals surface area contributed by atoms with Crippen molar-refractivity contribution >= 4 is 27.9 Å². The summed E-state index contributed by atoms with van der Waals surface area (Å²) in [6.45, 7) is 1.61. The van der Waals surface area contributed by atoms with E-state index >= 15 is 0 Å². The molecule has 0 radical (unpaired) electrons. The minimum absolute atomic E-state index is 0.0725. The molecule has 2 aromatic carbocycles. The van der Waals surface area contributed by atoms with Crippen molar-refractivity contribution in [2.75, 3.05) is 0 Å². The molecule has 0 N–H and O–H groups in total. The summed E-state index contributed by atoms with van der Waals surface area (Å²) in [5.41, 5.74) is 1.85. The Bertz CT molecular complexity index is 1010. The molecule has 122 valence electrons. The van der Waals surface area contributed by atoms with Crippen LogP contribution in [0.4, 0.5) is 0 Å². The van der Waals surface area contributed by atoms with Gasteiger partial charge in [-0.15, -0.1) is 0 Å². The Morgan fingerprint density at radius 2 is 1.71 bits per heavy atom. The molecule has 0 saturated carbocycles. The lowest BCUT2D eigenvalue weighted by Gasteiger charge is -2.13. The van der Waals surface area contributed by atoms with Crippen molar-refractivity contribution in [2.45, 2.75) is 11.8 Å². The third-order valence-corrected chi connectivity index (χ3v) is 5.80. The van der Waals surface area contributed by atoms with Gasteiger partial charge in [-0.05, 0) is 36.8 Å². The fourth-order valence-corrected chi connectivity index (χ4v) is 4.45. The van der Waals surface area contributed by atoms with Crippen LogP contribution in [0.5, 0.6) is 0 Å². The van der Waals surface area contributed by atoms with Crippen LogP contribution in [0.3, 0.4) is 0 Å². The maximum Gasteiger partial charge on any atom is 0.268 e. The fraction of sp³-hybridized carbons (Fsp3) is 0.0556. The number of carbonyl (C=O) groups excluding carboxylic acids is 1. The first-order chi connectivity index (χ1) is 11.4. The number of aldehydes is 1. The van der Waals surface area contributed by atoms with Crippen LogP contribution in [0.15, 0.2) is 65.6 Å². The van der Waals surface area contributed by atoms with Gasteiger partial charge in [0.2, 0.25) is 0 Å². The lowest BCUT2D eigenvalue weighted by Crippen LogP contribution is -2.16. The van der Waals surface area contributed by atoms with Crippen LogP contribution in [0, 0.1) is 6.92 Å². The van der Waals surface area contributed by atoms with Crippen molar-refractivity contribution in [1.29, 1.82) is 0 Å². The van der Waals surface area contributed by atoms with Gasteiger partial charge in [0.1, 0.15) is 0 Å². The number of hydrogen-bond donors (Lipinski definition) is 0. The average molecular weight is 360 g/mol. The molecular weight excluding hydrogens is 346 g/mol. The number of benzene rings is 2. The molecule has 3 rings (SSSR count). The van der Waals surface area contributed by atoms with Gasteiger partial charge in [0, 0.05) is 16.3 Å². The molecule has 0 aliphatic heterocycles. The molecule has 3 aromatic rings. The molecule has 0 fully saturated rings. The Balaban J connectivity index is 2.31. The smallest absolute Gasteiger partial charge is 0.268 e.